The van der Waals surface area contributed by atoms with Gasteiger partial charge in [-0.25, -0.2) is 9.59 Å². The summed E-state index contributed by atoms with van der Waals surface area (Å²) in [7, 11) is 0. The lowest BCUT2D eigenvalue weighted by atomic mass is 9.93. The van der Waals surface area contributed by atoms with Gasteiger partial charge in [-0.2, -0.15) is 0 Å². The molecule has 0 aromatic carbocycles. The van der Waals surface area contributed by atoms with E-state index in [9.17, 15) is 14.7 Å². The van der Waals surface area contributed by atoms with Gasteiger partial charge < -0.3 is 15.3 Å². The molecule has 5 nitrogen and oxygen atoms in total. The van der Waals surface area contributed by atoms with Gasteiger partial charge in [0.15, 0.2) is 0 Å². The zero-order valence-corrected chi connectivity index (χ0v) is 13.1. The largest absolute Gasteiger partial charge is 0.479 e. The van der Waals surface area contributed by atoms with E-state index in [1.165, 1.54) is 37.0 Å². The maximum Gasteiger partial charge on any atom is 0.329 e. The average Bonchev–Trinajstić information content (AvgIpc) is 3.12. The molecule has 21 heavy (non-hydrogen) atoms. The van der Waals surface area contributed by atoms with Crippen LogP contribution in [-0.2, 0) is 4.79 Å². The number of likely N-dealkylation sites (tertiary alicyclic amines) is 1. The summed E-state index contributed by atoms with van der Waals surface area (Å²) in [4.78, 5) is 25.4. The van der Waals surface area contributed by atoms with E-state index in [2.05, 4.69) is 5.32 Å². The minimum absolute atomic E-state index is 0.205. The molecule has 0 spiro atoms. The number of urea groups is 1. The number of carboxylic acids is 1. The predicted molar refractivity (Wildman–Crippen MR) is 81.2 cm³/mol. The first kappa shape index (κ1) is 16.1. The van der Waals surface area contributed by atoms with Crippen LogP contribution in [0.15, 0.2) is 0 Å². The van der Waals surface area contributed by atoms with Crippen LogP contribution >= 0.6 is 0 Å². The Kier molecular flexibility index (Phi) is 5.48. The van der Waals surface area contributed by atoms with Gasteiger partial charge in [-0.15, -0.1) is 0 Å². The van der Waals surface area contributed by atoms with Gasteiger partial charge in [-0.1, -0.05) is 32.6 Å². The summed E-state index contributed by atoms with van der Waals surface area (Å²) in [6.07, 6.45) is 9.34. The maximum absolute atomic E-state index is 12.3. The fraction of sp³-hybridized carbons (Fsp3) is 0.875. The molecule has 2 rings (SSSR count). The third kappa shape index (κ3) is 3.50. The van der Waals surface area contributed by atoms with Crippen LogP contribution < -0.4 is 5.32 Å². The lowest BCUT2D eigenvalue weighted by Crippen LogP contribution is -2.55. The molecule has 1 atom stereocenters. The Balaban J connectivity index is 1.77. The van der Waals surface area contributed by atoms with E-state index in [-0.39, 0.29) is 6.03 Å². The van der Waals surface area contributed by atoms with Crippen LogP contribution in [0.5, 0.6) is 0 Å². The highest BCUT2D eigenvalue weighted by Crippen LogP contribution is 2.33. The Morgan fingerprint density at radius 3 is 2.62 bits per heavy atom. The fourth-order valence-electron chi connectivity index (χ4n) is 3.90. The van der Waals surface area contributed by atoms with E-state index >= 15 is 0 Å². The van der Waals surface area contributed by atoms with Gasteiger partial charge >= 0.3 is 12.0 Å². The van der Waals surface area contributed by atoms with Gasteiger partial charge in [0.1, 0.15) is 5.54 Å². The summed E-state index contributed by atoms with van der Waals surface area (Å²) >= 11 is 0. The smallest absolute Gasteiger partial charge is 0.329 e. The van der Waals surface area contributed by atoms with Crippen molar-refractivity contribution < 1.29 is 14.7 Å². The van der Waals surface area contributed by atoms with Crippen molar-refractivity contribution in [1.82, 2.24) is 10.2 Å². The Labute approximate surface area is 127 Å². The monoisotopic (exact) mass is 296 g/mol. The second-order valence-corrected chi connectivity index (χ2v) is 6.47. The third-order valence-corrected chi connectivity index (χ3v) is 5.26. The summed E-state index contributed by atoms with van der Waals surface area (Å²) in [5, 5.41) is 12.4. The van der Waals surface area contributed by atoms with Crippen molar-refractivity contribution >= 4 is 12.0 Å². The lowest BCUT2D eigenvalue weighted by Gasteiger charge is -2.33. The van der Waals surface area contributed by atoms with Crippen molar-refractivity contribution in [2.45, 2.75) is 70.3 Å². The molecular formula is C16H28N2O3. The molecule has 1 saturated carbocycles. The topological polar surface area (TPSA) is 69.6 Å². The second-order valence-electron chi connectivity index (χ2n) is 6.47. The molecule has 1 aliphatic heterocycles. The number of carbonyl (C=O) groups excluding carboxylic acids is 1. The molecule has 0 aromatic rings. The number of hydrogen-bond acceptors (Lipinski definition) is 2. The summed E-state index contributed by atoms with van der Waals surface area (Å²) in [5.74, 6) is -0.0361. The summed E-state index contributed by atoms with van der Waals surface area (Å²) in [6, 6.07) is -0.205. The number of carboxylic acid groups (broad SMARTS) is 1. The lowest BCUT2D eigenvalue weighted by molar-refractivity contribution is -0.148. The number of carbonyl (C=O) groups is 2. The number of amides is 2. The zero-order chi connectivity index (χ0) is 15.3. The van der Waals surface area contributed by atoms with Crippen molar-refractivity contribution in [3.8, 4) is 0 Å². The van der Waals surface area contributed by atoms with Crippen LogP contribution in [0.4, 0.5) is 4.79 Å². The highest BCUT2D eigenvalue weighted by Gasteiger charge is 2.48. The minimum atomic E-state index is -0.991. The standard InChI is InChI=1S/C16H28N2O3/c1-2-16(14(19)20)10-6-12-18(16)15(21)17-11-5-9-13-7-3-4-8-13/h13H,2-12H2,1H3,(H,17,21)(H,19,20). The minimum Gasteiger partial charge on any atom is -0.479 e. The number of aliphatic carboxylic acids is 1. The van der Waals surface area contributed by atoms with Gasteiger partial charge in [-0.3, -0.25) is 0 Å². The van der Waals surface area contributed by atoms with E-state index in [4.69, 9.17) is 0 Å². The van der Waals surface area contributed by atoms with Gasteiger partial charge in [0.25, 0.3) is 0 Å². The van der Waals surface area contributed by atoms with Crippen molar-refractivity contribution in [3.05, 3.63) is 0 Å². The van der Waals surface area contributed by atoms with Gasteiger partial charge in [-0.05, 0) is 38.0 Å². The molecule has 1 unspecified atom stereocenters. The molecule has 2 amide bonds. The summed E-state index contributed by atoms with van der Waals surface area (Å²) in [5.41, 5.74) is -0.991. The van der Waals surface area contributed by atoms with Crippen molar-refractivity contribution in [2.24, 2.45) is 5.92 Å². The molecule has 1 saturated heterocycles. The normalized spacial score (nSPS) is 26.2. The van der Waals surface area contributed by atoms with E-state index in [1.807, 2.05) is 6.92 Å². The molecule has 5 heteroatoms. The van der Waals surface area contributed by atoms with Crippen LogP contribution in [0, 0.1) is 5.92 Å². The number of nitrogens with one attached hydrogen (secondary N) is 1. The van der Waals surface area contributed by atoms with Gasteiger partial charge in [0.05, 0.1) is 0 Å². The summed E-state index contributed by atoms with van der Waals surface area (Å²) in [6.45, 7) is 3.06. The predicted octanol–water partition coefficient (Wildman–Crippen LogP) is 3.00. The van der Waals surface area contributed by atoms with E-state index in [1.54, 1.807) is 0 Å². The number of hydrogen-bond donors (Lipinski definition) is 2. The van der Waals surface area contributed by atoms with Crippen LogP contribution in [0.1, 0.15) is 64.7 Å². The first-order valence-corrected chi connectivity index (χ1v) is 8.39. The fourth-order valence-corrected chi connectivity index (χ4v) is 3.90. The highest BCUT2D eigenvalue weighted by atomic mass is 16.4. The Morgan fingerprint density at radius 1 is 1.29 bits per heavy atom. The molecule has 0 radical (unpaired) electrons. The van der Waals surface area contributed by atoms with Gasteiger partial charge in [0.2, 0.25) is 0 Å². The van der Waals surface area contributed by atoms with Crippen LogP contribution in [0.25, 0.3) is 0 Å². The molecule has 1 heterocycles. The van der Waals surface area contributed by atoms with Crippen molar-refractivity contribution in [2.75, 3.05) is 13.1 Å². The third-order valence-electron chi connectivity index (χ3n) is 5.26. The number of rotatable bonds is 6. The van der Waals surface area contributed by atoms with Crippen LogP contribution in [0.2, 0.25) is 0 Å². The van der Waals surface area contributed by atoms with Crippen LogP contribution in [0.3, 0.4) is 0 Å². The molecule has 2 aliphatic rings. The molecule has 0 bridgehead atoms. The highest BCUT2D eigenvalue weighted by molar-refractivity contribution is 5.87. The molecule has 0 aromatic heterocycles. The Bertz CT molecular complexity index is 380. The van der Waals surface area contributed by atoms with Gasteiger partial charge in [0, 0.05) is 13.1 Å². The Morgan fingerprint density at radius 2 is 2.00 bits per heavy atom. The molecule has 2 N–H and O–H groups in total. The average molecular weight is 296 g/mol. The molecule has 120 valence electrons. The van der Waals surface area contributed by atoms with Crippen molar-refractivity contribution in [1.29, 1.82) is 0 Å². The molecule has 1 aliphatic carbocycles. The maximum atomic E-state index is 12.3. The van der Waals surface area contributed by atoms with E-state index in [0.29, 0.717) is 25.9 Å². The van der Waals surface area contributed by atoms with E-state index < -0.39 is 11.5 Å². The zero-order valence-electron chi connectivity index (χ0n) is 13.1. The Hall–Kier alpha value is -1.26. The quantitative estimate of drug-likeness (QED) is 0.740. The number of nitrogens with zero attached hydrogens (tertiary/aromatic N) is 1. The van der Waals surface area contributed by atoms with Crippen molar-refractivity contribution in [3.63, 3.8) is 0 Å². The first-order valence-electron chi connectivity index (χ1n) is 8.39. The van der Waals surface area contributed by atoms with E-state index in [0.717, 1.165) is 18.8 Å². The molecular weight excluding hydrogens is 268 g/mol. The summed E-state index contributed by atoms with van der Waals surface area (Å²) < 4.78 is 0. The van der Waals surface area contributed by atoms with Crippen LogP contribution in [-0.4, -0.2) is 40.6 Å². The first-order chi connectivity index (χ1) is 10.1. The SMILES string of the molecule is CCC1(C(=O)O)CCCN1C(=O)NCCCC1CCCC1. The molecule has 2 fully saturated rings. The second kappa shape index (κ2) is 7.14.